The van der Waals surface area contributed by atoms with Crippen LogP contribution >= 0.6 is 15.9 Å². The van der Waals surface area contributed by atoms with Gasteiger partial charge < -0.3 is 4.90 Å². The van der Waals surface area contributed by atoms with Gasteiger partial charge in [0.25, 0.3) is 5.91 Å². The van der Waals surface area contributed by atoms with Gasteiger partial charge in [0, 0.05) is 36.2 Å². The summed E-state index contributed by atoms with van der Waals surface area (Å²) in [5, 5.41) is 9.53. The first-order valence-corrected chi connectivity index (χ1v) is 8.72. The molecular weight excluding hydrogens is 366 g/mol. The number of halogens is 1. The molecule has 24 heavy (non-hydrogen) atoms. The summed E-state index contributed by atoms with van der Waals surface area (Å²) in [6, 6.07) is 19.4. The van der Waals surface area contributed by atoms with Gasteiger partial charge in [-0.25, -0.2) is 0 Å². The van der Waals surface area contributed by atoms with Gasteiger partial charge in [-0.05, 0) is 29.8 Å². The molecule has 1 aliphatic rings. The third kappa shape index (κ3) is 3.66. The Morgan fingerprint density at radius 3 is 2.21 bits per heavy atom. The molecule has 0 aromatic heterocycles. The minimum atomic E-state index is -0.254. The van der Waals surface area contributed by atoms with E-state index >= 15 is 0 Å². The highest BCUT2D eigenvalue weighted by Crippen LogP contribution is 2.22. The van der Waals surface area contributed by atoms with Gasteiger partial charge in [0.1, 0.15) is 6.04 Å². The van der Waals surface area contributed by atoms with Crippen LogP contribution in [0.15, 0.2) is 59.1 Å². The van der Waals surface area contributed by atoms with Gasteiger partial charge in [0.05, 0.1) is 6.07 Å². The fourth-order valence-electron chi connectivity index (χ4n) is 2.96. The number of hydrogen-bond acceptors (Lipinski definition) is 3. The molecule has 0 bridgehead atoms. The second-order valence-electron chi connectivity index (χ2n) is 5.78. The Balaban J connectivity index is 1.64. The fraction of sp³-hybridized carbons (Fsp3) is 0.263. The van der Waals surface area contributed by atoms with Crippen molar-refractivity contribution < 1.29 is 4.79 Å². The van der Waals surface area contributed by atoms with Crippen molar-refractivity contribution in [3.63, 3.8) is 0 Å². The molecule has 1 saturated heterocycles. The molecule has 0 saturated carbocycles. The molecule has 1 amide bonds. The maximum atomic E-state index is 12.6. The Hall–Kier alpha value is -2.16. The van der Waals surface area contributed by atoms with Gasteiger partial charge in [0.2, 0.25) is 0 Å². The number of piperazine rings is 1. The number of benzene rings is 2. The van der Waals surface area contributed by atoms with Crippen molar-refractivity contribution in [2.75, 3.05) is 26.2 Å². The average molecular weight is 384 g/mol. The van der Waals surface area contributed by atoms with Crippen molar-refractivity contribution in [2.24, 2.45) is 0 Å². The highest BCUT2D eigenvalue weighted by molar-refractivity contribution is 9.10. The molecule has 122 valence electrons. The first-order valence-electron chi connectivity index (χ1n) is 7.92. The lowest BCUT2D eigenvalue weighted by molar-refractivity contribution is 0.0606. The number of amides is 1. The van der Waals surface area contributed by atoms with Crippen LogP contribution in [0, 0.1) is 11.3 Å². The molecule has 1 heterocycles. The molecule has 2 aromatic carbocycles. The molecule has 0 spiro atoms. The molecule has 1 fully saturated rings. The molecule has 1 aliphatic heterocycles. The largest absolute Gasteiger partial charge is 0.336 e. The lowest BCUT2D eigenvalue weighted by atomic mass is 10.1. The lowest BCUT2D eigenvalue weighted by Crippen LogP contribution is -2.49. The van der Waals surface area contributed by atoms with E-state index in [1.807, 2.05) is 59.5 Å². The standard InChI is InChI=1S/C19H18BrN3O/c20-17-8-6-16(7-9-17)19(24)23-12-10-22(11-13-23)18(14-21)15-4-2-1-3-5-15/h1-9,18H,10-13H2/t18-/m1/s1. The van der Waals surface area contributed by atoms with Crippen LogP contribution < -0.4 is 0 Å². The summed E-state index contributed by atoms with van der Waals surface area (Å²) in [5.74, 6) is 0.0513. The van der Waals surface area contributed by atoms with Crippen molar-refractivity contribution >= 4 is 21.8 Å². The minimum absolute atomic E-state index is 0.0513. The van der Waals surface area contributed by atoms with Gasteiger partial charge in [-0.15, -0.1) is 0 Å². The van der Waals surface area contributed by atoms with Gasteiger partial charge >= 0.3 is 0 Å². The molecule has 1 atom stereocenters. The average Bonchev–Trinajstić information content (AvgIpc) is 2.64. The Labute approximate surface area is 150 Å². The van der Waals surface area contributed by atoms with E-state index in [4.69, 9.17) is 0 Å². The zero-order valence-corrected chi connectivity index (χ0v) is 14.8. The molecule has 0 radical (unpaired) electrons. The Morgan fingerprint density at radius 1 is 1.00 bits per heavy atom. The first kappa shape index (κ1) is 16.7. The van der Waals surface area contributed by atoms with Gasteiger partial charge in [-0.2, -0.15) is 5.26 Å². The topological polar surface area (TPSA) is 47.3 Å². The molecular formula is C19H18BrN3O. The fourth-order valence-corrected chi connectivity index (χ4v) is 3.22. The quantitative estimate of drug-likeness (QED) is 0.814. The number of carbonyl (C=O) groups excluding carboxylic acids is 1. The SMILES string of the molecule is N#C[C@H](c1ccccc1)N1CCN(C(=O)c2ccc(Br)cc2)CC1. The van der Waals surface area contributed by atoms with Gasteiger partial charge in [0.15, 0.2) is 0 Å². The highest BCUT2D eigenvalue weighted by atomic mass is 79.9. The van der Waals surface area contributed by atoms with E-state index in [-0.39, 0.29) is 11.9 Å². The van der Waals surface area contributed by atoms with Gasteiger partial charge in [-0.3, -0.25) is 9.69 Å². The Bertz CT molecular complexity index is 731. The number of carbonyl (C=O) groups is 1. The molecule has 5 heteroatoms. The van der Waals surface area contributed by atoms with E-state index in [0.29, 0.717) is 31.7 Å². The monoisotopic (exact) mass is 383 g/mol. The Morgan fingerprint density at radius 2 is 1.62 bits per heavy atom. The second-order valence-corrected chi connectivity index (χ2v) is 6.69. The van der Waals surface area contributed by atoms with Crippen molar-refractivity contribution in [1.29, 1.82) is 5.26 Å². The third-order valence-corrected chi connectivity index (χ3v) is 4.82. The Kier molecular flexibility index (Phi) is 5.29. The minimum Gasteiger partial charge on any atom is -0.336 e. The molecule has 0 aliphatic carbocycles. The molecule has 4 nitrogen and oxygen atoms in total. The number of nitriles is 1. The number of rotatable bonds is 3. The van der Waals surface area contributed by atoms with Crippen molar-refractivity contribution in [3.8, 4) is 6.07 Å². The molecule has 0 N–H and O–H groups in total. The lowest BCUT2D eigenvalue weighted by Gasteiger charge is -2.37. The normalized spacial score (nSPS) is 16.4. The predicted octanol–water partition coefficient (Wildman–Crippen LogP) is 3.47. The summed E-state index contributed by atoms with van der Waals surface area (Å²) in [7, 11) is 0. The van der Waals surface area contributed by atoms with Crippen LogP contribution in [0.2, 0.25) is 0 Å². The summed E-state index contributed by atoms with van der Waals surface area (Å²) in [5.41, 5.74) is 1.71. The smallest absolute Gasteiger partial charge is 0.253 e. The van der Waals surface area contributed by atoms with Gasteiger partial charge in [-0.1, -0.05) is 46.3 Å². The van der Waals surface area contributed by atoms with Crippen LogP contribution in [0.5, 0.6) is 0 Å². The van der Waals surface area contributed by atoms with Crippen molar-refractivity contribution in [1.82, 2.24) is 9.80 Å². The van der Waals surface area contributed by atoms with E-state index in [9.17, 15) is 10.1 Å². The van der Waals surface area contributed by atoms with E-state index in [0.717, 1.165) is 10.0 Å². The summed E-state index contributed by atoms with van der Waals surface area (Å²) < 4.78 is 0.962. The van der Waals surface area contributed by atoms with Crippen LogP contribution in [0.4, 0.5) is 0 Å². The van der Waals surface area contributed by atoms with Crippen LogP contribution in [-0.2, 0) is 0 Å². The van der Waals surface area contributed by atoms with Crippen LogP contribution in [0.1, 0.15) is 22.0 Å². The highest BCUT2D eigenvalue weighted by Gasteiger charge is 2.27. The van der Waals surface area contributed by atoms with Crippen LogP contribution in [-0.4, -0.2) is 41.9 Å². The van der Waals surface area contributed by atoms with Crippen LogP contribution in [0.25, 0.3) is 0 Å². The summed E-state index contributed by atoms with van der Waals surface area (Å²) in [6.45, 7) is 2.69. The van der Waals surface area contributed by atoms with Crippen molar-refractivity contribution in [2.45, 2.75) is 6.04 Å². The third-order valence-electron chi connectivity index (χ3n) is 4.30. The van der Waals surface area contributed by atoms with E-state index in [1.54, 1.807) is 0 Å². The zero-order valence-electron chi connectivity index (χ0n) is 13.2. The molecule has 2 aromatic rings. The maximum absolute atomic E-state index is 12.6. The van der Waals surface area contributed by atoms with E-state index in [2.05, 4.69) is 26.9 Å². The predicted molar refractivity (Wildman–Crippen MR) is 96.4 cm³/mol. The zero-order chi connectivity index (χ0) is 16.9. The number of hydrogen-bond donors (Lipinski definition) is 0. The molecule has 3 rings (SSSR count). The summed E-state index contributed by atoms with van der Waals surface area (Å²) in [6.07, 6.45) is 0. The first-order chi connectivity index (χ1) is 11.7. The molecule has 0 unspecified atom stereocenters. The van der Waals surface area contributed by atoms with E-state index < -0.39 is 0 Å². The number of nitrogens with zero attached hydrogens (tertiary/aromatic N) is 3. The summed E-state index contributed by atoms with van der Waals surface area (Å²) >= 11 is 3.38. The van der Waals surface area contributed by atoms with E-state index in [1.165, 1.54) is 0 Å². The second kappa shape index (κ2) is 7.61. The van der Waals surface area contributed by atoms with Crippen molar-refractivity contribution in [3.05, 3.63) is 70.2 Å². The summed E-state index contributed by atoms with van der Waals surface area (Å²) in [4.78, 5) is 16.6. The maximum Gasteiger partial charge on any atom is 0.253 e. The van der Waals surface area contributed by atoms with Crippen LogP contribution in [0.3, 0.4) is 0 Å².